The van der Waals surface area contributed by atoms with Crippen LogP contribution in [0.25, 0.3) is 5.65 Å². The molecular weight excluding hydrogens is 326 g/mol. The summed E-state index contributed by atoms with van der Waals surface area (Å²) in [5.74, 6) is 3.45. The molecular formula is C19H23N7. The van der Waals surface area contributed by atoms with Crippen LogP contribution in [-0.4, -0.2) is 42.9 Å². The van der Waals surface area contributed by atoms with Crippen LogP contribution in [0.1, 0.15) is 53.8 Å². The summed E-state index contributed by atoms with van der Waals surface area (Å²) in [5, 5.41) is 13.3. The number of aryl methyl sites for hydroxylation is 3. The molecule has 0 spiro atoms. The summed E-state index contributed by atoms with van der Waals surface area (Å²) in [6, 6.07) is 3.97. The van der Waals surface area contributed by atoms with E-state index in [0.29, 0.717) is 5.92 Å². The predicted octanol–water partition coefficient (Wildman–Crippen LogP) is 2.40. The van der Waals surface area contributed by atoms with Crippen LogP contribution in [0.3, 0.4) is 0 Å². The topological polar surface area (TPSA) is 72.1 Å². The molecule has 0 bridgehead atoms. The first-order valence-electron chi connectivity index (χ1n) is 9.49. The molecule has 134 valence electrons. The molecule has 1 aliphatic carbocycles. The molecule has 3 aromatic rings. The first kappa shape index (κ1) is 15.7. The Labute approximate surface area is 152 Å². The maximum Gasteiger partial charge on any atom is 0.177 e. The lowest BCUT2D eigenvalue weighted by Crippen LogP contribution is -2.35. The monoisotopic (exact) mass is 349 g/mol. The van der Waals surface area contributed by atoms with E-state index in [0.717, 1.165) is 61.8 Å². The first-order valence-corrected chi connectivity index (χ1v) is 9.49. The van der Waals surface area contributed by atoms with Crippen molar-refractivity contribution in [1.82, 2.24) is 29.8 Å². The second kappa shape index (κ2) is 6.00. The molecule has 1 fully saturated rings. The third kappa shape index (κ3) is 2.53. The Bertz CT molecular complexity index is 969. The van der Waals surface area contributed by atoms with Crippen molar-refractivity contribution in [2.24, 2.45) is 0 Å². The molecule has 0 amide bonds. The number of aromatic nitrogens is 6. The zero-order chi connectivity index (χ0) is 17.7. The minimum Gasteiger partial charge on any atom is -0.356 e. The molecule has 1 saturated heterocycles. The Morgan fingerprint density at radius 1 is 1.00 bits per heavy atom. The van der Waals surface area contributed by atoms with Gasteiger partial charge in [-0.2, -0.15) is 9.61 Å². The number of anilines is 1. The number of rotatable bonds is 2. The Morgan fingerprint density at radius 2 is 1.85 bits per heavy atom. The van der Waals surface area contributed by atoms with E-state index in [4.69, 9.17) is 4.98 Å². The predicted molar refractivity (Wildman–Crippen MR) is 98.5 cm³/mol. The van der Waals surface area contributed by atoms with Crippen LogP contribution >= 0.6 is 0 Å². The second-order valence-corrected chi connectivity index (χ2v) is 7.44. The smallest absolute Gasteiger partial charge is 0.177 e. The quantitative estimate of drug-likeness (QED) is 0.707. The first-order chi connectivity index (χ1) is 12.7. The summed E-state index contributed by atoms with van der Waals surface area (Å²) < 4.78 is 1.92. The maximum atomic E-state index is 4.79. The van der Waals surface area contributed by atoms with Crippen LogP contribution in [0.15, 0.2) is 12.1 Å². The van der Waals surface area contributed by atoms with Gasteiger partial charge in [0.2, 0.25) is 0 Å². The van der Waals surface area contributed by atoms with E-state index in [1.165, 1.54) is 23.5 Å². The zero-order valence-corrected chi connectivity index (χ0v) is 15.3. The summed E-state index contributed by atoms with van der Waals surface area (Å²) in [6.45, 7) is 6.00. The number of hydrogen-bond acceptors (Lipinski definition) is 6. The molecule has 26 heavy (non-hydrogen) atoms. The van der Waals surface area contributed by atoms with Crippen molar-refractivity contribution in [2.45, 2.75) is 51.9 Å². The summed E-state index contributed by atoms with van der Waals surface area (Å²) in [6.07, 6.45) is 5.51. The van der Waals surface area contributed by atoms with Crippen molar-refractivity contribution in [3.05, 3.63) is 40.7 Å². The summed E-state index contributed by atoms with van der Waals surface area (Å²) in [5.41, 5.74) is 4.46. The normalized spacial score (nSPS) is 17.8. The fourth-order valence-corrected chi connectivity index (χ4v) is 4.30. The summed E-state index contributed by atoms with van der Waals surface area (Å²) >= 11 is 0. The highest BCUT2D eigenvalue weighted by Crippen LogP contribution is 2.33. The summed E-state index contributed by atoms with van der Waals surface area (Å²) in [4.78, 5) is 11.9. The minimum absolute atomic E-state index is 0.395. The van der Waals surface area contributed by atoms with Crippen molar-refractivity contribution in [1.29, 1.82) is 0 Å². The standard InChI is InChI=1S/C19H23N7/c1-12-6-7-17-22-23-18(26(17)24-12)14-8-10-25(11-9-14)19-15-4-3-5-16(15)20-13(2)21-19/h6-7,14H,3-5,8-11H2,1-2H3. The maximum absolute atomic E-state index is 4.79. The van der Waals surface area contributed by atoms with Crippen molar-refractivity contribution in [3.63, 3.8) is 0 Å². The van der Waals surface area contributed by atoms with Gasteiger partial charge in [0.25, 0.3) is 0 Å². The van der Waals surface area contributed by atoms with Gasteiger partial charge in [0.1, 0.15) is 11.6 Å². The average Bonchev–Trinajstić information content (AvgIpc) is 3.27. The van der Waals surface area contributed by atoms with Crippen molar-refractivity contribution in [2.75, 3.05) is 18.0 Å². The third-order valence-corrected chi connectivity index (χ3v) is 5.60. The molecule has 0 unspecified atom stereocenters. The average molecular weight is 349 g/mol. The fourth-order valence-electron chi connectivity index (χ4n) is 4.30. The van der Waals surface area contributed by atoms with Crippen LogP contribution in [0.5, 0.6) is 0 Å². The Morgan fingerprint density at radius 3 is 2.69 bits per heavy atom. The molecule has 0 radical (unpaired) electrons. The van der Waals surface area contributed by atoms with E-state index in [1.807, 2.05) is 30.5 Å². The largest absolute Gasteiger partial charge is 0.356 e. The molecule has 3 aromatic heterocycles. The molecule has 7 nitrogen and oxygen atoms in total. The molecule has 0 atom stereocenters. The van der Waals surface area contributed by atoms with Crippen LogP contribution in [-0.2, 0) is 12.8 Å². The van der Waals surface area contributed by atoms with Crippen LogP contribution < -0.4 is 4.90 Å². The summed E-state index contributed by atoms with van der Waals surface area (Å²) in [7, 11) is 0. The van der Waals surface area contributed by atoms with Crippen molar-refractivity contribution < 1.29 is 0 Å². The zero-order valence-electron chi connectivity index (χ0n) is 15.3. The minimum atomic E-state index is 0.395. The van der Waals surface area contributed by atoms with E-state index in [1.54, 1.807) is 0 Å². The third-order valence-electron chi connectivity index (χ3n) is 5.60. The molecule has 7 heteroatoms. The van der Waals surface area contributed by atoms with E-state index < -0.39 is 0 Å². The molecule has 5 rings (SSSR count). The van der Waals surface area contributed by atoms with Gasteiger partial charge in [0.15, 0.2) is 11.5 Å². The highest BCUT2D eigenvalue weighted by molar-refractivity contribution is 5.51. The fraction of sp³-hybridized carbons (Fsp3) is 0.526. The number of nitrogens with zero attached hydrogens (tertiary/aromatic N) is 7. The van der Waals surface area contributed by atoms with E-state index in [2.05, 4.69) is 25.2 Å². The van der Waals surface area contributed by atoms with Gasteiger partial charge < -0.3 is 4.90 Å². The van der Waals surface area contributed by atoms with Gasteiger partial charge in [0.05, 0.1) is 5.69 Å². The van der Waals surface area contributed by atoms with E-state index in [9.17, 15) is 0 Å². The molecule has 4 heterocycles. The number of piperidine rings is 1. The SMILES string of the molecule is Cc1ccc2nnc(C3CCN(c4nc(C)nc5c4CCC5)CC3)n2n1. The van der Waals surface area contributed by atoms with Crippen LogP contribution in [0, 0.1) is 13.8 Å². The van der Waals surface area contributed by atoms with Crippen LogP contribution in [0.4, 0.5) is 5.82 Å². The molecule has 0 saturated carbocycles. The Balaban J connectivity index is 1.39. The van der Waals surface area contributed by atoms with Gasteiger partial charge >= 0.3 is 0 Å². The number of fused-ring (bicyclic) bond motifs is 2. The Hall–Kier alpha value is -2.57. The molecule has 0 aromatic carbocycles. The second-order valence-electron chi connectivity index (χ2n) is 7.44. The van der Waals surface area contributed by atoms with Gasteiger partial charge in [-0.3, -0.25) is 0 Å². The van der Waals surface area contributed by atoms with Crippen LogP contribution in [0.2, 0.25) is 0 Å². The van der Waals surface area contributed by atoms with Crippen molar-refractivity contribution in [3.8, 4) is 0 Å². The number of hydrogen-bond donors (Lipinski definition) is 0. The highest BCUT2D eigenvalue weighted by atomic mass is 15.4. The Kier molecular flexibility index (Phi) is 3.62. The van der Waals surface area contributed by atoms with Gasteiger partial charge in [-0.25, -0.2) is 9.97 Å². The lowest BCUT2D eigenvalue weighted by atomic mass is 9.95. The van der Waals surface area contributed by atoms with E-state index >= 15 is 0 Å². The molecule has 2 aliphatic rings. The van der Waals surface area contributed by atoms with Gasteiger partial charge in [-0.1, -0.05) is 0 Å². The lowest BCUT2D eigenvalue weighted by molar-refractivity contribution is 0.473. The van der Waals surface area contributed by atoms with Crippen molar-refractivity contribution >= 4 is 11.5 Å². The molecule has 0 N–H and O–H groups in total. The van der Waals surface area contributed by atoms with Gasteiger partial charge in [-0.05, 0) is 58.1 Å². The van der Waals surface area contributed by atoms with Gasteiger partial charge in [-0.15, -0.1) is 10.2 Å². The van der Waals surface area contributed by atoms with Gasteiger partial charge in [0, 0.05) is 30.3 Å². The lowest BCUT2D eigenvalue weighted by Gasteiger charge is -2.33. The highest BCUT2D eigenvalue weighted by Gasteiger charge is 2.28. The molecule has 1 aliphatic heterocycles. The van der Waals surface area contributed by atoms with E-state index in [-0.39, 0.29) is 0 Å².